The molecule has 2 heterocycles. The minimum Gasteiger partial charge on any atom is -0.456 e. The number of fused-ring (bicyclic) bond motifs is 8. The molecule has 9 aromatic carbocycles. The van der Waals surface area contributed by atoms with E-state index < -0.39 is 0 Å². The van der Waals surface area contributed by atoms with E-state index >= 15 is 0 Å². The van der Waals surface area contributed by atoms with E-state index in [1.807, 2.05) is 0 Å². The quantitative estimate of drug-likeness (QED) is 0.190. The summed E-state index contributed by atoms with van der Waals surface area (Å²) in [7, 11) is 0. The van der Waals surface area contributed by atoms with Crippen molar-refractivity contribution in [3.05, 3.63) is 188 Å². The van der Waals surface area contributed by atoms with Crippen LogP contribution in [0.3, 0.4) is 0 Å². The fraction of sp³-hybridized carbons (Fsp3) is 0.0204. The molecule has 0 saturated carbocycles. The van der Waals surface area contributed by atoms with Gasteiger partial charge in [0.2, 0.25) is 0 Å². The maximum atomic E-state index is 6.54. The van der Waals surface area contributed by atoms with Crippen LogP contribution in [0.2, 0.25) is 0 Å². The third-order valence-electron chi connectivity index (χ3n) is 10.8. The lowest BCUT2D eigenvalue weighted by atomic mass is 9.86. The first-order valence-corrected chi connectivity index (χ1v) is 17.9. The summed E-state index contributed by atoms with van der Waals surface area (Å²) in [6, 6.07) is 65.6. The number of furan rings is 1. The van der Waals surface area contributed by atoms with Gasteiger partial charge in [0.15, 0.2) is 0 Å². The van der Waals surface area contributed by atoms with Crippen LogP contribution in [-0.2, 0) is 0 Å². The van der Waals surface area contributed by atoms with Gasteiger partial charge in [-0.3, -0.25) is 0 Å². The summed E-state index contributed by atoms with van der Waals surface area (Å²) in [5.74, 6) is 0. The number of para-hydroxylation sites is 2. The highest BCUT2D eigenvalue weighted by atomic mass is 16.3. The highest BCUT2D eigenvalue weighted by molar-refractivity contribution is 6.23. The fourth-order valence-corrected chi connectivity index (χ4v) is 8.55. The zero-order valence-electron chi connectivity index (χ0n) is 28.3. The monoisotopic (exact) mass is 664 g/mol. The third kappa shape index (κ3) is 4.33. The van der Waals surface area contributed by atoms with Crippen LogP contribution in [0.15, 0.2) is 186 Å². The van der Waals surface area contributed by atoms with Gasteiger partial charge in [0.1, 0.15) is 17.3 Å². The van der Waals surface area contributed by atoms with E-state index in [1.54, 1.807) is 0 Å². The van der Waals surface area contributed by atoms with Crippen molar-refractivity contribution in [2.45, 2.75) is 6.17 Å². The van der Waals surface area contributed by atoms with Crippen molar-refractivity contribution in [1.82, 2.24) is 0 Å². The summed E-state index contributed by atoms with van der Waals surface area (Å²) in [6.45, 7) is 0. The van der Waals surface area contributed by atoms with E-state index in [0.29, 0.717) is 0 Å². The Morgan fingerprint density at radius 1 is 0.442 bits per heavy atom. The molecule has 0 radical (unpaired) electrons. The Labute approximate surface area is 301 Å². The van der Waals surface area contributed by atoms with Crippen LogP contribution in [0.1, 0.15) is 11.7 Å². The van der Waals surface area contributed by atoms with E-state index in [-0.39, 0.29) is 6.17 Å². The highest BCUT2D eigenvalue weighted by Crippen LogP contribution is 2.48. The SMILES string of the molecule is c1ccc(C2Nc3ccccc3N2c2ccc(-c3c4ccccc4c(-c4ccc5c(c4)oc4ccc6ccccc6c45)c4ccccc34)cc2)cc1. The van der Waals surface area contributed by atoms with Gasteiger partial charge in [-0.05, 0) is 103 Å². The first-order valence-electron chi connectivity index (χ1n) is 17.9. The van der Waals surface area contributed by atoms with Crippen molar-refractivity contribution in [1.29, 1.82) is 0 Å². The second-order valence-electron chi connectivity index (χ2n) is 13.7. The van der Waals surface area contributed by atoms with Gasteiger partial charge in [-0.2, -0.15) is 0 Å². The molecule has 10 aromatic rings. The van der Waals surface area contributed by atoms with Crippen molar-refractivity contribution in [2.75, 3.05) is 10.2 Å². The maximum Gasteiger partial charge on any atom is 0.136 e. The Morgan fingerprint density at radius 2 is 1.04 bits per heavy atom. The minimum atomic E-state index is 0.00760. The predicted molar refractivity (Wildman–Crippen MR) is 218 cm³/mol. The van der Waals surface area contributed by atoms with Crippen LogP contribution >= 0.6 is 0 Å². The Hall–Kier alpha value is -6.84. The van der Waals surface area contributed by atoms with Crippen molar-refractivity contribution in [2.24, 2.45) is 0 Å². The topological polar surface area (TPSA) is 28.4 Å². The van der Waals surface area contributed by atoms with Gasteiger partial charge >= 0.3 is 0 Å². The van der Waals surface area contributed by atoms with Gasteiger partial charge in [-0.25, -0.2) is 0 Å². The second-order valence-corrected chi connectivity index (χ2v) is 13.7. The summed E-state index contributed by atoms with van der Waals surface area (Å²) in [6.07, 6.45) is 0.00760. The molecule has 0 amide bonds. The zero-order valence-corrected chi connectivity index (χ0v) is 28.3. The van der Waals surface area contributed by atoms with Crippen LogP contribution in [0.4, 0.5) is 17.1 Å². The van der Waals surface area contributed by atoms with E-state index in [0.717, 1.165) is 33.5 Å². The standard InChI is InChI=1S/C49H32N2O/c1-2-13-33(14-3-1)49-50-42-20-10-11-21-43(42)51(49)35-26-22-32(23-27-35)46-37-16-6-8-18-39(37)47(40-19-9-7-17-38(40)46)34-24-28-41-45(30-34)52-44-29-25-31-12-4-5-15-36(31)48(41)44/h1-30,49-50H. The maximum absolute atomic E-state index is 6.54. The number of nitrogens with one attached hydrogen (secondary N) is 1. The molecular weight excluding hydrogens is 633 g/mol. The Bertz CT molecular complexity index is 2940. The van der Waals surface area contributed by atoms with Crippen LogP contribution in [0.25, 0.3) is 76.5 Å². The van der Waals surface area contributed by atoms with Gasteiger partial charge in [-0.1, -0.05) is 140 Å². The fourth-order valence-electron chi connectivity index (χ4n) is 8.55. The number of nitrogens with zero attached hydrogens (tertiary/aromatic N) is 1. The smallest absolute Gasteiger partial charge is 0.136 e. The molecule has 0 saturated heterocycles. The molecule has 1 atom stereocenters. The largest absolute Gasteiger partial charge is 0.456 e. The zero-order chi connectivity index (χ0) is 34.2. The third-order valence-corrected chi connectivity index (χ3v) is 10.8. The molecule has 244 valence electrons. The normalized spacial score (nSPS) is 14.1. The summed E-state index contributed by atoms with van der Waals surface area (Å²) in [5.41, 5.74) is 11.3. The molecule has 52 heavy (non-hydrogen) atoms. The van der Waals surface area contributed by atoms with Crippen LogP contribution in [0.5, 0.6) is 0 Å². The molecule has 3 heteroatoms. The van der Waals surface area contributed by atoms with Crippen molar-refractivity contribution in [3.8, 4) is 22.3 Å². The molecule has 1 aliphatic heterocycles. The molecule has 11 rings (SSSR count). The molecule has 1 unspecified atom stereocenters. The van der Waals surface area contributed by atoms with Gasteiger partial charge in [-0.15, -0.1) is 0 Å². The van der Waals surface area contributed by atoms with Crippen molar-refractivity contribution >= 4 is 71.3 Å². The number of hydrogen-bond donors (Lipinski definition) is 1. The summed E-state index contributed by atoms with van der Waals surface area (Å²) in [4.78, 5) is 2.41. The average Bonchev–Trinajstić information content (AvgIpc) is 3.79. The number of anilines is 3. The molecular formula is C49H32N2O. The van der Waals surface area contributed by atoms with Crippen LogP contribution in [-0.4, -0.2) is 0 Å². The van der Waals surface area contributed by atoms with Crippen molar-refractivity contribution in [3.63, 3.8) is 0 Å². The van der Waals surface area contributed by atoms with E-state index in [1.165, 1.54) is 65.6 Å². The Balaban J connectivity index is 1.07. The molecule has 3 nitrogen and oxygen atoms in total. The molecule has 0 aliphatic carbocycles. The Kier molecular flexibility index (Phi) is 6.31. The van der Waals surface area contributed by atoms with E-state index in [2.05, 4.69) is 192 Å². The second kappa shape index (κ2) is 11.3. The van der Waals surface area contributed by atoms with Crippen LogP contribution < -0.4 is 10.2 Å². The average molecular weight is 665 g/mol. The van der Waals surface area contributed by atoms with Gasteiger partial charge < -0.3 is 14.6 Å². The Morgan fingerprint density at radius 3 is 1.77 bits per heavy atom. The minimum absolute atomic E-state index is 0.00760. The number of benzene rings is 9. The molecule has 1 N–H and O–H groups in total. The molecule has 0 spiro atoms. The van der Waals surface area contributed by atoms with Gasteiger partial charge in [0, 0.05) is 16.5 Å². The molecule has 1 aromatic heterocycles. The summed E-state index contributed by atoms with van der Waals surface area (Å²) < 4.78 is 6.54. The lowest BCUT2D eigenvalue weighted by Crippen LogP contribution is -2.23. The summed E-state index contributed by atoms with van der Waals surface area (Å²) >= 11 is 0. The summed E-state index contributed by atoms with van der Waals surface area (Å²) in [5, 5.41) is 13.4. The van der Waals surface area contributed by atoms with Crippen molar-refractivity contribution < 1.29 is 4.42 Å². The number of hydrogen-bond acceptors (Lipinski definition) is 3. The van der Waals surface area contributed by atoms with Gasteiger partial charge in [0.05, 0.1) is 11.4 Å². The first kappa shape index (κ1) is 28.9. The van der Waals surface area contributed by atoms with Gasteiger partial charge in [0.25, 0.3) is 0 Å². The first-order chi connectivity index (χ1) is 25.8. The lowest BCUT2D eigenvalue weighted by molar-refractivity contribution is 0.669. The lowest BCUT2D eigenvalue weighted by Gasteiger charge is -2.27. The predicted octanol–water partition coefficient (Wildman–Crippen LogP) is 13.6. The molecule has 1 aliphatic rings. The van der Waals surface area contributed by atoms with E-state index in [9.17, 15) is 0 Å². The van der Waals surface area contributed by atoms with E-state index in [4.69, 9.17) is 4.42 Å². The van der Waals surface area contributed by atoms with Crippen LogP contribution in [0, 0.1) is 0 Å². The highest BCUT2D eigenvalue weighted by Gasteiger charge is 2.31. The molecule has 0 fully saturated rings. The molecule has 0 bridgehead atoms. The number of rotatable bonds is 4.